The third-order valence-corrected chi connectivity index (χ3v) is 7.12. The van der Waals surface area contributed by atoms with Crippen LogP contribution in [0, 0.1) is 12.8 Å². The van der Waals surface area contributed by atoms with Crippen LogP contribution in [0.5, 0.6) is 0 Å². The van der Waals surface area contributed by atoms with Gasteiger partial charge in [0.15, 0.2) is 11.5 Å². The summed E-state index contributed by atoms with van der Waals surface area (Å²) in [5.74, 6) is 1.21. The maximum atomic E-state index is 4.76. The SMILES string of the molecule is C=C(Nc1cncc(-c2ccc3[nH]nc(-c4nc5nccc(-n6cnc(C)c6)c5[nH]4)c3c2)c1)C1CCC1. The minimum Gasteiger partial charge on any atom is -0.358 e. The van der Waals surface area contributed by atoms with Crippen LogP contribution in [-0.2, 0) is 0 Å². The third kappa shape index (κ3) is 3.76. The van der Waals surface area contributed by atoms with Crippen molar-refractivity contribution in [2.45, 2.75) is 26.2 Å². The van der Waals surface area contributed by atoms with Crippen LogP contribution in [0.4, 0.5) is 5.69 Å². The number of allylic oxidation sites excluding steroid dienone is 1. The molecule has 0 atom stereocenters. The monoisotopic (exact) mass is 487 g/mol. The van der Waals surface area contributed by atoms with Crippen LogP contribution < -0.4 is 5.32 Å². The van der Waals surface area contributed by atoms with E-state index in [-0.39, 0.29) is 0 Å². The molecule has 7 rings (SSSR count). The topological polar surface area (TPSA) is 113 Å². The maximum Gasteiger partial charge on any atom is 0.180 e. The van der Waals surface area contributed by atoms with Gasteiger partial charge in [-0.05, 0) is 55.5 Å². The second-order valence-electron chi connectivity index (χ2n) is 9.61. The molecule has 1 aliphatic carbocycles. The number of benzene rings is 1. The molecule has 0 radical (unpaired) electrons. The first kappa shape index (κ1) is 21.5. The fourth-order valence-electron chi connectivity index (χ4n) is 4.86. The minimum absolute atomic E-state index is 0.560. The summed E-state index contributed by atoms with van der Waals surface area (Å²) in [5.41, 5.74) is 9.09. The Bertz CT molecular complexity index is 1780. The van der Waals surface area contributed by atoms with Crippen LogP contribution in [0.25, 0.3) is 50.4 Å². The highest BCUT2D eigenvalue weighted by Gasteiger charge is 2.21. The summed E-state index contributed by atoms with van der Waals surface area (Å²) in [4.78, 5) is 21.5. The maximum absolute atomic E-state index is 4.76. The molecule has 5 aromatic heterocycles. The number of hydrogen-bond acceptors (Lipinski definition) is 6. The van der Waals surface area contributed by atoms with Crippen molar-refractivity contribution in [1.29, 1.82) is 0 Å². The number of H-pyrrole nitrogens is 2. The van der Waals surface area contributed by atoms with Crippen molar-refractivity contribution in [2.75, 3.05) is 5.32 Å². The first-order chi connectivity index (χ1) is 18.1. The molecule has 9 heteroatoms. The average molecular weight is 488 g/mol. The Morgan fingerprint density at radius 3 is 2.84 bits per heavy atom. The summed E-state index contributed by atoms with van der Waals surface area (Å²) in [7, 11) is 0. The second kappa shape index (κ2) is 8.41. The van der Waals surface area contributed by atoms with Gasteiger partial charge in [0.05, 0.1) is 35.1 Å². The lowest BCUT2D eigenvalue weighted by Crippen LogP contribution is -2.18. The van der Waals surface area contributed by atoms with Gasteiger partial charge in [0, 0.05) is 35.2 Å². The van der Waals surface area contributed by atoms with E-state index >= 15 is 0 Å². The van der Waals surface area contributed by atoms with Crippen molar-refractivity contribution in [1.82, 2.24) is 39.7 Å². The van der Waals surface area contributed by atoms with Gasteiger partial charge >= 0.3 is 0 Å². The smallest absolute Gasteiger partial charge is 0.180 e. The van der Waals surface area contributed by atoms with Gasteiger partial charge in [-0.1, -0.05) is 19.1 Å². The summed E-state index contributed by atoms with van der Waals surface area (Å²) < 4.78 is 1.97. The van der Waals surface area contributed by atoms with E-state index in [1.165, 1.54) is 19.3 Å². The Morgan fingerprint density at radius 1 is 1.11 bits per heavy atom. The molecule has 182 valence electrons. The number of aromatic nitrogens is 8. The van der Waals surface area contributed by atoms with Crippen molar-refractivity contribution >= 4 is 27.8 Å². The normalized spacial score (nSPS) is 13.8. The van der Waals surface area contributed by atoms with Gasteiger partial charge in [-0.15, -0.1) is 0 Å². The molecule has 0 unspecified atom stereocenters. The van der Waals surface area contributed by atoms with E-state index in [0.29, 0.717) is 17.4 Å². The molecule has 0 bridgehead atoms. The summed E-state index contributed by atoms with van der Waals surface area (Å²) in [6.07, 6.45) is 12.9. The number of anilines is 1. The molecular weight excluding hydrogens is 462 g/mol. The first-order valence-electron chi connectivity index (χ1n) is 12.4. The summed E-state index contributed by atoms with van der Waals surface area (Å²) >= 11 is 0. The molecule has 0 aliphatic heterocycles. The molecular formula is C28H25N9. The van der Waals surface area contributed by atoms with E-state index in [1.807, 2.05) is 42.2 Å². The van der Waals surface area contributed by atoms with Crippen molar-refractivity contribution < 1.29 is 0 Å². The number of aromatic amines is 2. The number of aryl methyl sites for hydroxylation is 1. The van der Waals surface area contributed by atoms with E-state index in [4.69, 9.17) is 4.98 Å². The van der Waals surface area contributed by atoms with Gasteiger partial charge in [-0.25, -0.2) is 15.0 Å². The van der Waals surface area contributed by atoms with E-state index < -0.39 is 0 Å². The molecule has 5 heterocycles. The van der Waals surface area contributed by atoms with Crippen molar-refractivity contribution in [3.8, 4) is 28.3 Å². The van der Waals surface area contributed by atoms with Gasteiger partial charge < -0.3 is 14.9 Å². The molecule has 0 spiro atoms. The zero-order chi connectivity index (χ0) is 24.9. The Hall–Kier alpha value is -4.79. The Labute approximate surface area is 212 Å². The van der Waals surface area contributed by atoms with E-state index in [1.54, 1.807) is 12.5 Å². The lowest BCUT2D eigenvalue weighted by molar-refractivity contribution is 0.371. The zero-order valence-electron chi connectivity index (χ0n) is 20.4. The number of rotatable bonds is 6. The molecule has 9 nitrogen and oxygen atoms in total. The lowest BCUT2D eigenvalue weighted by Gasteiger charge is -2.28. The predicted molar refractivity (Wildman–Crippen MR) is 144 cm³/mol. The molecule has 1 aromatic carbocycles. The molecule has 0 saturated heterocycles. The summed E-state index contributed by atoms with van der Waals surface area (Å²) in [6.45, 7) is 6.19. The molecule has 3 N–H and O–H groups in total. The highest BCUT2D eigenvalue weighted by Crippen LogP contribution is 2.34. The standard InChI is InChI=1S/C28H25N9/c1-16-14-37(15-31-16)24-8-9-30-27-26(24)33-28(34-27)25-22-11-19(6-7-23(22)35-36-25)20-10-21(13-29-12-20)32-17(2)18-4-3-5-18/h6-15,18,32H,2-5H2,1H3,(H,35,36)(H,30,33,34). The first-order valence-corrected chi connectivity index (χ1v) is 12.4. The highest BCUT2D eigenvalue weighted by atomic mass is 15.1. The number of fused-ring (bicyclic) bond motifs is 2. The van der Waals surface area contributed by atoms with Crippen molar-refractivity contribution in [3.63, 3.8) is 0 Å². The Balaban J connectivity index is 1.26. The van der Waals surface area contributed by atoms with Gasteiger partial charge in [0.25, 0.3) is 0 Å². The zero-order valence-corrected chi connectivity index (χ0v) is 20.4. The molecule has 6 aromatic rings. The van der Waals surface area contributed by atoms with E-state index in [9.17, 15) is 0 Å². The summed E-state index contributed by atoms with van der Waals surface area (Å²) in [5, 5.41) is 12.1. The number of hydrogen-bond donors (Lipinski definition) is 3. The van der Waals surface area contributed by atoms with Gasteiger partial charge in [-0.3, -0.25) is 10.1 Å². The Morgan fingerprint density at radius 2 is 2.03 bits per heavy atom. The quantitative estimate of drug-likeness (QED) is 0.274. The number of imidazole rings is 2. The van der Waals surface area contributed by atoms with Crippen LogP contribution in [-0.4, -0.2) is 39.7 Å². The van der Waals surface area contributed by atoms with Crippen LogP contribution in [0.2, 0.25) is 0 Å². The van der Waals surface area contributed by atoms with Gasteiger partial charge in [0.1, 0.15) is 11.2 Å². The number of pyridine rings is 2. The van der Waals surface area contributed by atoms with Gasteiger partial charge in [-0.2, -0.15) is 5.10 Å². The van der Waals surface area contributed by atoms with Crippen molar-refractivity contribution in [2.24, 2.45) is 5.92 Å². The average Bonchev–Trinajstić information content (AvgIpc) is 3.60. The molecule has 1 aliphatic rings. The fourth-order valence-corrected chi connectivity index (χ4v) is 4.86. The van der Waals surface area contributed by atoms with Crippen LogP contribution >= 0.6 is 0 Å². The van der Waals surface area contributed by atoms with Crippen molar-refractivity contribution in [3.05, 3.63) is 79.4 Å². The molecule has 0 amide bonds. The molecule has 1 fully saturated rings. The highest BCUT2D eigenvalue weighted by molar-refractivity contribution is 5.96. The Kier molecular flexibility index (Phi) is 4.88. The van der Waals surface area contributed by atoms with E-state index in [0.717, 1.165) is 56.0 Å². The van der Waals surface area contributed by atoms with Crippen LogP contribution in [0.1, 0.15) is 25.0 Å². The minimum atomic E-state index is 0.560. The molecule has 37 heavy (non-hydrogen) atoms. The number of nitrogens with zero attached hydrogens (tertiary/aromatic N) is 6. The number of nitrogens with one attached hydrogen (secondary N) is 3. The third-order valence-electron chi connectivity index (χ3n) is 7.12. The molecule has 1 saturated carbocycles. The van der Waals surface area contributed by atoms with E-state index in [2.05, 4.69) is 60.2 Å². The second-order valence-corrected chi connectivity index (χ2v) is 9.61. The van der Waals surface area contributed by atoms with Crippen LogP contribution in [0.15, 0.2) is 73.7 Å². The largest absolute Gasteiger partial charge is 0.358 e. The lowest BCUT2D eigenvalue weighted by atomic mass is 9.83. The fraction of sp³-hybridized carbons (Fsp3) is 0.179. The van der Waals surface area contributed by atoms with Gasteiger partial charge in [0.2, 0.25) is 0 Å². The predicted octanol–water partition coefficient (Wildman–Crippen LogP) is 5.78. The summed E-state index contributed by atoms with van der Waals surface area (Å²) in [6, 6.07) is 10.3. The van der Waals surface area contributed by atoms with Crippen LogP contribution in [0.3, 0.4) is 0 Å².